The van der Waals surface area contributed by atoms with Crippen LogP contribution in [0.1, 0.15) is 17.7 Å². The number of nitrogens with one attached hydrogen (secondary N) is 1. The first kappa shape index (κ1) is 12.3. The molecule has 2 N–H and O–H groups in total. The molecule has 1 heterocycles. The zero-order valence-electron chi connectivity index (χ0n) is 10.0. The van der Waals surface area contributed by atoms with Crippen molar-refractivity contribution in [3.63, 3.8) is 0 Å². The number of ether oxygens (including phenoxy) is 1. The molecule has 0 aliphatic carbocycles. The number of halogens is 1. The van der Waals surface area contributed by atoms with Gasteiger partial charge in [-0.25, -0.2) is 0 Å². The van der Waals surface area contributed by atoms with Crippen molar-refractivity contribution in [2.24, 2.45) is 0 Å². The lowest BCUT2D eigenvalue weighted by molar-refractivity contribution is 0.288. The predicted molar refractivity (Wildman–Crippen MR) is 70.0 cm³/mol. The Morgan fingerprint density at radius 1 is 1.41 bits per heavy atom. The van der Waals surface area contributed by atoms with Crippen molar-refractivity contribution in [2.45, 2.75) is 19.8 Å². The summed E-state index contributed by atoms with van der Waals surface area (Å²) >= 11 is 6.08. The third kappa shape index (κ3) is 2.26. The molecule has 1 aromatic heterocycles. The Kier molecular flexibility index (Phi) is 3.60. The van der Waals surface area contributed by atoms with Crippen molar-refractivity contribution < 1.29 is 9.84 Å². The van der Waals surface area contributed by atoms with E-state index in [0.717, 1.165) is 29.4 Å². The number of hydrogen-bond acceptors (Lipinski definition) is 2. The summed E-state index contributed by atoms with van der Waals surface area (Å²) in [6.45, 7) is 2.24. The number of fused-ring (bicyclic) bond motifs is 1. The van der Waals surface area contributed by atoms with Crippen molar-refractivity contribution in [1.82, 2.24) is 4.98 Å². The van der Waals surface area contributed by atoms with Gasteiger partial charge in [0.05, 0.1) is 12.1 Å². The molecule has 0 aliphatic rings. The van der Waals surface area contributed by atoms with Crippen LogP contribution in [0.2, 0.25) is 5.02 Å². The Labute approximate surface area is 105 Å². The fourth-order valence-corrected chi connectivity index (χ4v) is 2.36. The second kappa shape index (κ2) is 4.98. The molecule has 2 aromatic rings. The minimum absolute atomic E-state index is 0.205. The Morgan fingerprint density at radius 3 is 2.82 bits per heavy atom. The highest BCUT2D eigenvalue weighted by Gasteiger charge is 2.11. The van der Waals surface area contributed by atoms with Crippen LogP contribution in [-0.4, -0.2) is 23.8 Å². The number of aliphatic hydroxyl groups is 1. The predicted octanol–water partition coefficient (Wildman–Crippen LogP) is 3.06. The van der Waals surface area contributed by atoms with Crippen molar-refractivity contribution >= 4 is 22.5 Å². The highest BCUT2D eigenvalue weighted by molar-refractivity contribution is 6.32. The summed E-state index contributed by atoms with van der Waals surface area (Å²) in [4.78, 5) is 3.31. The van der Waals surface area contributed by atoms with Gasteiger partial charge in [0.15, 0.2) is 0 Å². The zero-order chi connectivity index (χ0) is 12.4. The van der Waals surface area contributed by atoms with Crippen LogP contribution in [0.15, 0.2) is 12.1 Å². The van der Waals surface area contributed by atoms with Gasteiger partial charge in [0, 0.05) is 23.2 Å². The number of rotatable bonds is 4. The van der Waals surface area contributed by atoms with Crippen LogP contribution in [0.5, 0.6) is 5.75 Å². The van der Waals surface area contributed by atoms with E-state index in [0.29, 0.717) is 10.8 Å². The molecule has 17 heavy (non-hydrogen) atoms. The highest BCUT2D eigenvalue weighted by atomic mass is 35.5. The van der Waals surface area contributed by atoms with Crippen molar-refractivity contribution in [2.75, 3.05) is 13.7 Å². The smallest absolute Gasteiger partial charge is 0.138 e. The Bertz CT molecular complexity index is 534. The van der Waals surface area contributed by atoms with Gasteiger partial charge in [-0.05, 0) is 37.5 Å². The zero-order valence-corrected chi connectivity index (χ0v) is 10.8. The molecule has 0 amide bonds. The SMILES string of the molecule is COc1cc2c(CCCO)c(C)[nH]c2cc1Cl. The third-order valence-corrected chi connectivity index (χ3v) is 3.27. The summed E-state index contributed by atoms with van der Waals surface area (Å²) in [5.74, 6) is 0.684. The summed E-state index contributed by atoms with van der Waals surface area (Å²) in [6.07, 6.45) is 1.62. The van der Waals surface area contributed by atoms with Crippen molar-refractivity contribution in [3.8, 4) is 5.75 Å². The van der Waals surface area contributed by atoms with Crippen LogP contribution < -0.4 is 4.74 Å². The molecule has 4 heteroatoms. The van der Waals surface area contributed by atoms with Gasteiger partial charge in [0.2, 0.25) is 0 Å². The first-order valence-corrected chi connectivity index (χ1v) is 6.00. The maximum atomic E-state index is 8.92. The molecule has 0 saturated heterocycles. The lowest BCUT2D eigenvalue weighted by Gasteiger charge is -2.04. The van der Waals surface area contributed by atoms with Gasteiger partial charge >= 0.3 is 0 Å². The molecule has 2 rings (SSSR count). The summed E-state index contributed by atoms with van der Waals surface area (Å²) in [5.41, 5.74) is 3.36. The standard InChI is InChI=1S/C13H16ClNO2/c1-8-9(4-3-5-16)10-6-13(17-2)11(14)7-12(10)15-8/h6-7,15-16H,3-5H2,1-2H3. The normalized spacial score (nSPS) is 11.1. The summed E-state index contributed by atoms with van der Waals surface area (Å²) < 4.78 is 5.23. The van der Waals surface area contributed by atoms with E-state index in [2.05, 4.69) is 4.98 Å². The minimum Gasteiger partial charge on any atom is -0.495 e. The Hall–Kier alpha value is -1.19. The van der Waals surface area contributed by atoms with Crippen molar-refractivity contribution in [3.05, 3.63) is 28.4 Å². The second-order valence-electron chi connectivity index (χ2n) is 4.09. The van der Waals surface area contributed by atoms with Crippen LogP contribution in [0.3, 0.4) is 0 Å². The third-order valence-electron chi connectivity index (χ3n) is 2.98. The quantitative estimate of drug-likeness (QED) is 0.880. The van der Waals surface area contributed by atoms with E-state index >= 15 is 0 Å². The molecule has 0 atom stereocenters. The molecule has 0 saturated carbocycles. The average molecular weight is 254 g/mol. The lowest BCUT2D eigenvalue weighted by atomic mass is 10.1. The molecule has 0 aliphatic heterocycles. The van der Waals surface area contributed by atoms with Crippen LogP contribution >= 0.6 is 11.6 Å². The topological polar surface area (TPSA) is 45.2 Å². The Morgan fingerprint density at radius 2 is 2.18 bits per heavy atom. The van der Waals surface area contributed by atoms with Gasteiger partial charge in [0.25, 0.3) is 0 Å². The van der Waals surface area contributed by atoms with E-state index in [1.54, 1.807) is 7.11 Å². The number of methoxy groups -OCH3 is 1. The lowest BCUT2D eigenvalue weighted by Crippen LogP contribution is -1.91. The molecule has 1 aromatic carbocycles. The fourth-order valence-electron chi connectivity index (χ4n) is 2.12. The molecule has 0 fully saturated rings. The van der Waals surface area contributed by atoms with Crippen molar-refractivity contribution in [1.29, 1.82) is 0 Å². The van der Waals surface area contributed by atoms with E-state index in [1.807, 2.05) is 19.1 Å². The van der Waals surface area contributed by atoms with E-state index in [9.17, 15) is 0 Å². The molecule has 0 radical (unpaired) electrons. The molecular formula is C13H16ClNO2. The van der Waals surface area contributed by atoms with Crippen LogP contribution in [0.25, 0.3) is 10.9 Å². The molecule has 3 nitrogen and oxygen atoms in total. The van der Waals surface area contributed by atoms with Crippen LogP contribution in [0.4, 0.5) is 0 Å². The summed E-state index contributed by atoms with van der Waals surface area (Å²) in [6, 6.07) is 3.83. The van der Waals surface area contributed by atoms with Gasteiger partial charge in [-0.1, -0.05) is 11.6 Å². The fraction of sp³-hybridized carbons (Fsp3) is 0.385. The number of hydrogen-bond donors (Lipinski definition) is 2. The number of aromatic nitrogens is 1. The minimum atomic E-state index is 0.205. The van der Waals surface area contributed by atoms with E-state index in [4.69, 9.17) is 21.4 Å². The summed E-state index contributed by atoms with van der Waals surface area (Å²) in [5, 5.41) is 10.6. The summed E-state index contributed by atoms with van der Waals surface area (Å²) in [7, 11) is 1.61. The van der Waals surface area contributed by atoms with Gasteiger partial charge in [-0.3, -0.25) is 0 Å². The van der Waals surface area contributed by atoms with Gasteiger partial charge in [-0.2, -0.15) is 0 Å². The van der Waals surface area contributed by atoms with E-state index in [1.165, 1.54) is 5.56 Å². The number of aliphatic hydroxyl groups excluding tert-OH is 1. The highest BCUT2D eigenvalue weighted by Crippen LogP contribution is 2.33. The first-order valence-electron chi connectivity index (χ1n) is 5.63. The first-order chi connectivity index (χ1) is 8.17. The van der Waals surface area contributed by atoms with Crippen LogP contribution in [0, 0.1) is 6.92 Å². The largest absolute Gasteiger partial charge is 0.495 e. The molecular weight excluding hydrogens is 238 g/mol. The monoisotopic (exact) mass is 253 g/mol. The van der Waals surface area contributed by atoms with Gasteiger partial charge < -0.3 is 14.8 Å². The Balaban J connectivity index is 2.55. The maximum Gasteiger partial charge on any atom is 0.138 e. The van der Waals surface area contributed by atoms with E-state index in [-0.39, 0.29) is 6.61 Å². The number of benzene rings is 1. The number of aryl methyl sites for hydroxylation is 2. The molecule has 92 valence electrons. The molecule has 0 spiro atoms. The molecule has 0 unspecified atom stereocenters. The second-order valence-corrected chi connectivity index (χ2v) is 4.50. The van der Waals surface area contributed by atoms with E-state index < -0.39 is 0 Å². The average Bonchev–Trinajstić information content (AvgIpc) is 2.60. The number of H-pyrrole nitrogens is 1. The maximum absolute atomic E-state index is 8.92. The van der Waals surface area contributed by atoms with Gasteiger partial charge in [-0.15, -0.1) is 0 Å². The molecule has 0 bridgehead atoms. The number of aromatic amines is 1. The van der Waals surface area contributed by atoms with Gasteiger partial charge in [0.1, 0.15) is 5.75 Å². The van der Waals surface area contributed by atoms with Crippen LogP contribution in [-0.2, 0) is 6.42 Å².